The average molecular weight is 409 g/mol. The van der Waals surface area contributed by atoms with Crippen molar-refractivity contribution in [3.63, 3.8) is 0 Å². The van der Waals surface area contributed by atoms with Crippen molar-refractivity contribution in [2.45, 2.75) is 19.5 Å². The number of fused-ring (bicyclic) bond motifs is 2. The minimum Gasteiger partial charge on any atom is -0.377 e. The molecule has 5 heteroatoms. The SMILES string of the molecule is C[C@H]1C=CN(Cc2ccccc2)c2nc3ccccn3c(=O)c2[C@H]1Nc1ccccc1. The molecule has 2 atom stereocenters. The summed E-state index contributed by atoms with van der Waals surface area (Å²) >= 11 is 0. The first-order valence-corrected chi connectivity index (χ1v) is 10.5. The van der Waals surface area contributed by atoms with Gasteiger partial charge >= 0.3 is 0 Å². The maximum absolute atomic E-state index is 13.7. The molecule has 0 radical (unpaired) electrons. The van der Waals surface area contributed by atoms with E-state index in [9.17, 15) is 4.79 Å². The molecule has 2 aromatic carbocycles. The van der Waals surface area contributed by atoms with Crippen molar-refractivity contribution in [2.24, 2.45) is 5.92 Å². The lowest BCUT2D eigenvalue weighted by atomic mass is 9.95. The molecular formula is C26H24N4O. The van der Waals surface area contributed by atoms with Gasteiger partial charge in [0.15, 0.2) is 0 Å². The Morgan fingerprint density at radius 2 is 1.65 bits per heavy atom. The Morgan fingerprint density at radius 1 is 0.935 bits per heavy atom. The van der Waals surface area contributed by atoms with Gasteiger partial charge in [0.1, 0.15) is 11.5 Å². The number of nitrogens with zero attached hydrogens (tertiary/aromatic N) is 3. The van der Waals surface area contributed by atoms with Crippen LogP contribution in [0.1, 0.15) is 24.1 Å². The number of aromatic nitrogens is 2. The van der Waals surface area contributed by atoms with E-state index in [4.69, 9.17) is 4.98 Å². The molecule has 0 spiro atoms. The van der Waals surface area contributed by atoms with Gasteiger partial charge in [-0.15, -0.1) is 0 Å². The zero-order valence-corrected chi connectivity index (χ0v) is 17.3. The van der Waals surface area contributed by atoms with E-state index in [0.29, 0.717) is 23.6 Å². The molecular weight excluding hydrogens is 384 g/mol. The minimum atomic E-state index is -0.202. The van der Waals surface area contributed by atoms with Crippen molar-refractivity contribution in [1.82, 2.24) is 9.38 Å². The third-order valence-corrected chi connectivity index (χ3v) is 5.72. The van der Waals surface area contributed by atoms with Crippen LogP contribution in [0.5, 0.6) is 0 Å². The summed E-state index contributed by atoms with van der Waals surface area (Å²) in [6.07, 6.45) is 6.00. The average Bonchev–Trinajstić information content (AvgIpc) is 2.93. The van der Waals surface area contributed by atoms with Crippen LogP contribution < -0.4 is 15.8 Å². The van der Waals surface area contributed by atoms with Gasteiger partial charge in [-0.1, -0.05) is 67.6 Å². The lowest BCUT2D eigenvalue weighted by Gasteiger charge is -2.26. The van der Waals surface area contributed by atoms with Crippen molar-refractivity contribution >= 4 is 17.2 Å². The third kappa shape index (κ3) is 3.70. The monoisotopic (exact) mass is 408 g/mol. The molecule has 5 nitrogen and oxygen atoms in total. The molecule has 0 fully saturated rings. The number of para-hydroxylation sites is 1. The van der Waals surface area contributed by atoms with Crippen molar-refractivity contribution in [3.8, 4) is 0 Å². The molecule has 5 rings (SSSR count). The Morgan fingerprint density at radius 3 is 2.42 bits per heavy atom. The van der Waals surface area contributed by atoms with Crippen molar-refractivity contribution < 1.29 is 0 Å². The van der Waals surface area contributed by atoms with Gasteiger partial charge < -0.3 is 10.2 Å². The number of nitrogens with one attached hydrogen (secondary N) is 1. The summed E-state index contributed by atoms with van der Waals surface area (Å²) in [5.41, 5.74) is 3.43. The first-order valence-electron chi connectivity index (χ1n) is 10.5. The van der Waals surface area contributed by atoms with Crippen molar-refractivity contribution in [3.05, 3.63) is 119 Å². The number of pyridine rings is 1. The Balaban J connectivity index is 1.68. The number of rotatable bonds is 4. The lowest BCUT2D eigenvalue weighted by molar-refractivity contribution is 0.600. The Bertz CT molecular complexity index is 1280. The Hall–Kier alpha value is -3.86. The fourth-order valence-corrected chi connectivity index (χ4v) is 4.09. The predicted octanol–water partition coefficient (Wildman–Crippen LogP) is 5.02. The number of hydrogen-bond donors (Lipinski definition) is 1. The molecule has 0 saturated carbocycles. The van der Waals surface area contributed by atoms with Gasteiger partial charge in [0.25, 0.3) is 5.56 Å². The molecule has 0 saturated heterocycles. The van der Waals surface area contributed by atoms with Crippen molar-refractivity contribution in [1.29, 1.82) is 0 Å². The summed E-state index contributed by atoms with van der Waals surface area (Å²) in [7, 11) is 0. The molecule has 0 unspecified atom stereocenters. The van der Waals surface area contributed by atoms with Gasteiger partial charge in [-0.25, -0.2) is 4.98 Å². The van der Waals surface area contributed by atoms with Crippen LogP contribution in [0.2, 0.25) is 0 Å². The number of benzene rings is 2. The van der Waals surface area contributed by atoms with E-state index >= 15 is 0 Å². The second-order valence-corrected chi connectivity index (χ2v) is 7.89. The van der Waals surface area contributed by atoms with E-state index in [-0.39, 0.29) is 17.5 Å². The van der Waals surface area contributed by atoms with Crippen LogP contribution in [0.25, 0.3) is 5.65 Å². The largest absolute Gasteiger partial charge is 0.377 e. The molecule has 1 aliphatic rings. The lowest BCUT2D eigenvalue weighted by Crippen LogP contribution is -2.31. The molecule has 1 aliphatic heterocycles. The van der Waals surface area contributed by atoms with Crippen LogP contribution in [-0.2, 0) is 6.54 Å². The summed E-state index contributed by atoms with van der Waals surface area (Å²) in [4.78, 5) is 20.7. The highest BCUT2D eigenvalue weighted by Crippen LogP contribution is 2.35. The summed E-state index contributed by atoms with van der Waals surface area (Å²) in [5, 5.41) is 3.59. The van der Waals surface area contributed by atoms with Gasteiger partial charge in [0.05, 0.1) is 11.6 Å². The van der Waals surface area contributed by atoms with E-state index < -0.39 is 0 Å². The van der Waals surface area contributed by atoms with Gasteiger partial charge in [-0.2, -0.15) is 0 Å². The highest BCUT2D eigenvalue weighted by Gasteiger charge is 2.30. The molecule has 0 bridgehead atoms. The van der Waals surface area contributed by atoms with Gasteiger partial charge in [0, 0.05) is 30.5 Å². The standard InChI is InChI=1S/C26H24N4O/c1-19-15-17-29(18-20-10-4-2-5-11-20)25-23(24(19)27-21-12-6-3-7-13-21)26(31)30-16-9-8-14-22(30)28-25/h2-17,19,24,27H,18H2,1H3/t19-,24-/m0/s1. The summed E-state index contributed by atoms with van der Waals surface area (Å²) < 4.78 is 1.64. The van der Waals surface area contributed by atoms with E-state index in [1.165, 1.54) is 0 Å². The second-order valence-electron chi connectivity index (χ2n) is 7.89. The van der Waals surface area contributed by atoms with Gasteiger partial charge in [-0.05, 0) is 29.8 Å². The fourth-order valence-electron chi connectivity index (χ4n) is 4.09. The Kier molecular flexibility index (Phi) is 5.00. The molecule has 3 heterocycles. The smallest absolute Gasteiger partial charge is 0.265 e. The first kappa shape index (κ1) is 19.1. The maximum Gasteiger partial charge on any atom is 0.265 e. The third-order valence-electron chi connectivity index (χ3n) is 5.72. The Labute approximate surface area is 181 Å². The normalized spacial score (nSPS) is 17.9. The zero-order valence-electron chi connectivity index (χ0n) is 17.3. The van der Waals surface area contributed by atoms with Crippen LogP contribution in [0.15, 0.2) is 102 Å². The van der Waals surface area contributed by atoms with E-state index in [0.717, 1.165) is 11.3 Å². The molecule has 154 valence electrons. The quantitative estimate of drug-likeness (QED) is 0.515. The number of anilines is 2. The van der Waals surface area contributed by atoms with E-state index in [1.54, 1.807) is 10.6 Å². The van der Waals surface area contributed by atoms with E-state index in [2.05, 4.69) is 41.5 Å². The molecule has 4 aromatic rings. The molecule has 0 aliphatic carbocycles. The van der Waals surface area contributed by atoms with Crippen LogP contribution in [0, 0.1) is 5.92 Å². The minimum absolute atomic E-state index is 0.0392. The van der Waals surface area contributed by atoms with Crippen molar-refractivity contribution in [2.75, 3.05) is 10.2 Å². The zero-order chi connectivity index (χ0) is 21.2. The topological polar surface area (TPSA) is 49.6 Å². The number of hydrogen-bond acceptors (Lipinski definition) is 4. The summed E-state index contributed by atoms with van der Waals surface area (Å²) in [6.45, 7) is 2.77. The second kappa shape index (κ2) is 8.11. The van der Waals surface area contributed by atoms with Crippen LogP contribution >= 0.6 is 0 Å². The molecule has 2 aromatic heterocycles. The molecule has 1 N–H and O–H groups in total. The highest BCUT2D eigenvalue weighted by atomic mass is 16.1. The maximum atomic E-state index is 13.7. The summed E-state index contributed by atoms with van der Waals surface area (Å²) in [5.74, 6) is 0.796. The van der Waals surface area contributed by atoms with Crippen LogP contribution in [0.4, 0.5) is 11.5 Å². The van der Waals surface area contributed by atoms with Gasteiger partial charge in [-0.3, -0.25) is 9.20 Å². The molecule has 0 amide bonds. The van der Waals surface area contributed by atoms with Crippen LogP contribution in [0.3, 0.4) is 0 Å². The van der Waals surface area contributed by atoms with E-state index in [1.807, 2.05) is 66.7 Å². The molecule has 31 heavy (non-hydrogen) atoms. The van der Waals surface area contributed by atoms with Crippen LogP contribution in [-0.4, -0.2) is 9.38 Å². The summed E-state index contributed by atoms with van der Waals surface area (Å²) in [6, 6.07) is 25.7. The first-order chi connectivity index (χ1) is 15.2. The van der Waals surface area contributed by atoms with Gasteiger partial charge in [0.2, 0.25) is 0 Å². The predicted molar refractivity (Wildman–Crippen MR) is 125 cm³/mol. The highest BCUT2D eigenvalue weighted by molar-refractivity contribution is 5.60. The fraction of sp³-hybridized carbons (Fsp3) is 0.154.